The molecule has 0 aliphatic heterocycles. The molecule has 68 valence electrons. The van der Waals surface area contributed by atoms with Gasteiger partial charge >= 0.3 is 0 Å². The van der Waals surface area contributed by atoms with Crippen LogP contribution in [0, 0.1) is 5.41 Å². The lowest BCUT2D eigenvalue weighted by atomic mass is 9.92. The summed E-state index contributed by atoms with van der Waals surface area (Å²) in [5.41, 5.74) is 0.292. The van der Waals surface area contributed by atoms with Gasteiger partial charge in [0.2, 0.25) is 0 Å². The molecule has 0 aromatic rings. The van der Waals surface area contributed by atoms with Gasteiger partial charge in [-0.1, -0.05) is 43.4 Å². The fourth-order valence-electron chi connectivity index (χ4n) is 1.04. The zero-order chi connectivity index (χ0) is 8.91. The summed E-state index contributed by atoms with van der Waals surface area (Å²) in [4.78, 5) is 0. The maximum atomic E-state index is 3.44. The Morgan fingerprint density at radius 2 is 1.91 bits per heavy atom. The first kappa shape index (κ1) is 11.6. The van der Waals surface area contributed by atoms with Crippen molar-refractivity contribution in [3.05, 3.63) is 0 Å². The highest BCUT2D eigenvalue weighted by Gasteiger charge is 2.21. The van der Waals surface area contributed by atoms with Crippen molar-refractivity contribution < 1.29 is 0 Å². The first-order valence-corrected chi connectivity index (χ1v) is 5.51. The van der Waals surface area contributed by atoms with Crippen molar-refractivity contribution in [3.8, 4) is 0 Å². The predicted octanol–water partition coefficient (Wildman–Crippen LogP) is 1.60. The zero-order valence-electron chi connectivity index (χ0n) is 7.87. The summed E-state index contributed by atoms with van der Waals surface area (Å²) in [5.74, 6) is 0. The summed E-state index contributed by atoms with van der Waals surface area (Å²) in [6.07, 6.45) is 0.414. The van der Waals surface area contributed by atoms with Gasteiger partial charge in [-0.05, 0) is 12.5 Å². The molecule has 0 spiro atoms. The van der Waals surface area contributed by atoms with E-state index in [0.717, 1.165) is 11.0 Å². The Balaban J connectivity index is 3.76. The highest BCUT2D eigenvalue weighted by Crippen LogP contribution is 2.16. The van der Waals surface area contributed by atoms with Crippen molar-refractivity contribution in [2.75, 3.05) is 18.0 Å². The molecule has 3 heteroatoms. The van der Waals surface area contributed by atoms with E-state index in [1.807, 2.05) is 7.05 Å². The molecular formula is C8H19IN2. The van der Waals surface area contributed by atoms with E-state index in [1.165, 1.54) is 0 Å². The minimum absolute atomic E-state index is 0.292. The summed E-state index contributed by atoms with van der Waals surface area (Å²) >= 11 is 2.38. The molecule has 0 aliphatic carbocycles. The average molecular weight is 270 g/mol. The first-order valence-electron chi connectivity index (χ1n) is 3.99. The summed E-state index contributed by atoms with van der Waals surface area (Å²) in [6.45, 7) is 7.76. The van der Waals surface area contributed by atoms with Gasteiger partial charge < -0.3 is 10.6 Å². The molecule has 0 aromatic carbocycles. The van der Waals surface area contributed by atoms with Crippen LogP contribution in [0.4, 0.5) is 0 Å². The van der Waals surface area contributed by atoms with Crippen molar-refractivity contribution in [1.82, 2.24) is 10.6 Å². The van der Waals surface area contributed by atoms with Crippen LogP contribution in [0.1, 0.15) is 20.8 Å². The van der Waals surface area contributed by atoms with E-state index in [4.69, 9.17) is 0 Å². The molecule has 2 N–H and O–H groups in total. The van der Waals surface area contributed by atoms with Crippen molar-refractivity contribution in [2.45, 2.75) is 26.9 Å². The Morgan fingerprint density at radius 1 is 1.36 bits per heavy atom. The maximum absolute atomic E-state index is 3.44. The van der Waals surface area contributed by atoms with Crippen LogP contribution < -0.4 is 10.6 Å². The zero-order valence-corrected chi connectivity index (χ0v) is 10.0. The second-order valence-corrected chi connectivity index (χ2v) is 4.81. The van der Waals surface area contributed by atoms with Gasteiger partial charge in [0, 0.05) is 11.0 Å². The number of hydrogen-bond acceptors (Lipinski definition) is 2. The number of hydrogen-bond donors (Lipinski definition) is 2. The van der Waals surface area contributed by atoms with Gasteiger partial charge in [0.25, 0.3) is 0 Å². The summed E-state index contributed by atoms with van der Waals surface area (Å²) in [5, 5.41) is 6.70. The Hall–Kier alpha value is 0.650. The first-order chi connectivity index (χ1) is 5.02. The number of alkyl halides is 1. The van der Waals surface area contributed by atoms with Crippen molar-refractivity contribution in [1.29, 1.82) is 0 Å². The van der Waals surface area contributed by atoms with E-state index in [0.29, 0.717) is 11.6 Å². The monoisotopic (exact) mass is 270 g/mol. The van der Waals surface area contributed by atoms with Crippen molar-refractivity contribution >= 4 is 22.6 Å². The van der Waals surface area contributed by atoms with Crippen LogP contribution in [-0.2, 0) is 0 Å². The van der Waals surface area contributed by atoms with Gasteiger partial charge in [-0.15, -0.1) is 0 Å². The smallest absolute Gasteiger partial charge is 0.0619 e. The third-order valence-corrected chi connectivity index (χ3v) is 2.14. The van der Waals surface area contributed by atoms with Gasteiger partial charge in [0.1, 0.15) is 0 Å². The van der Waals surface area contributed by atoms with Crippen LogP contribution in [0.3, 0.4) is 0 Å². The Kier molecular flexibility index (Phi) is 5.64. The summed E-state index contributed by atoms with van der Waals surface area (Å²) in [6, 6.07) is 0. The predicted molar refractivity (Wildman–Crippen MR) is 59.2 cm³/mol. The van der Waals surface area contributed by atoms with E-state index in [2.05, 4.69) is 54.0 Å². The lowest BCUT2D eigenvalue weighted by Crippen LogP contribution is -2.49. The Morgan fingerprint density at radius 3 is 2.18 bits per heavy atom. The minimum Gasteiger partial charge on any atom is -0.305 e. The van der Waals surface area contributed by atoms with Gasteiger partial charge in [-0.3, -0.25) is 0 Å². The molecule has 0 saturated carbocycles. The summed E-state index contributed by atoms with van der Waals surface area (Å²) < 4.78 is 1.16. The average Bonchev–Trinajstić information content (AvgIpc) is 1.87. The van der Waals surface area contributed by atoms with Crippen LogP contribution in [0.2, 0.25) is 0 Å². The normalized spacial score (nSPS) is 15.0. The van der Waals surface area contributed by atoms with Gasteiger partial charge in [-0.25, -0.2) is 0 Å². The van der Waals surface area contributed by atoms with E-state index < -0.39 is 0 Å². The minimum atomic E-state index is 0.292. The highest BCUT2D eigenvalue weighted by molar-refractivity contribution is 14.1. The molecule has 2 nitrogen and oxygen atoms in total. The SMILES string of the molecule is CNC(NCCI)C(C)(C)C. The lowest BCUT2D eigenvalue weighted by Gasteiger charge is -2.31. The van der Waals surface area contributed by atoms with Gasteiger partial charge in [0.05, 0.1) is 6.17 Å². The molecule has 0 amide bonds. The number of nitrogens with one attached hydrogen (secondary N) is 2. The molecule has 0 fully saturated rings. The van der Waals surface area contributed by atoms with Crippen LogP contribution in [0.5, 0.6) is 0 Å². The van der Waals surface area contributed by atoms with Crippen LogP contribution in [-0.4, -0.2) is 24.2 Å². The second-order valence-electron chi connectivity index (χ2n) is 3.73. The molecule has 0 radical (unpaired) electrons. The fourth-order valence-corrected chi connectivity index (χ4v) is 1.35. The molecule has 1 atom stereocenters. The van der Waals surface area contributed by atoms with E-state index in [1.54, 1.807) is 0 Å². The van der Waals surface area contributed by atoms with E-state index in [9.17, 15) is 0 Å². The Labute approximate surface area is 83.7 Å². The molecule has 0 heterocycles. The van der Waals surface area contributed by atoms with Crippen LogP contribution in [0.25, 0.3) is 0 Å². The van der Waals surface area contributed by atoms with Crippen LogP contribution >= 0.6 is 22.6 Å². The molecule has 0 rings (SSSR count). The largest absolute Gasteiger partial charge is 0.305 e. The van der Waals surface area contributed by atoms with Crippen LogP contribution in [0.15, 0.2) is 0 Å². The fraction of sp³-hybridized carbons (Fsp3) is 1.00. The molecule has 0 aromatic heterocycles. The summed E-state index contributed by atoms with van der Waals surface area (Å²) in [7, 11) is 2.00. The van der Waals surface area contributed by atoms with Crippen molar-refractivity contribution in [2.24, 2.45) is 5.41 Å². The Bertz CT molecular complexity index is 98.8. The molecule has 11 heavy (non-hydrogen) atoms. The maximum Gasteiger partial charge on any atom is 0.0619 e. The molecule has 1 unspecified atom stereocenters. The molecule has 0 saturated heterocycles. The molecule has 0 bridgehead atoms. The quantitative estimate of drug-likeness (QED) is 0.460. The molecular weight excluding hydrogens is 251 g/mol. The molecule has 0 aliphatic rings. The standard InChI is InChI=1S/C8H19IN2/c1-8(2,3)7(10-4)11-6-5-9/h7,10-11H,5-6H2,1-4H3. The number of halogens is 1. The van der Waals surface area contributed by atoms with E-state index in [-0.39, 0.29) is 0 Å². The third-order valence-electron chi connectivity index (χ3n) is 1.60. The highest BCUT2D eigenvalue weighted by atomic mass is 127. The lowest BCUT2D eigenvalue weighted by molar-refractivity contribution is 0.241. The van der Waals surface area contributed by atoms with Crippen molar-refractivity contribution in [3.63, 3.8) is 0 Å². The number of rotatable bonds is 4. The van der Waals surface area contributed by atoms with Gasteiger partial charge in [-0.2, -0.15) is 0 Å². The van der Waals surface area contributed by atoms with Gasteiger partial charge in [0.15, 0.2) is 0 Å². The topological polar surface area (TPSA) is 24.1 Å². The van der Waals surface area contributed by atoms with E-state index >= 15 is 0 Å². The third kappa shape index (κ3) is 4.98. The second kappa shape index (κ2) is 5.32.